The third-order valence-electron chi connectivity index (χ3n) is 5.40. The van der Waals surface area contributed by atoms with E-state index in [2.05, 4.69) is 13.8 Å². The number of hydrogen-bond acceptors (Lipinski definition) is 3. The van der Waals surface area contributed by atoms with Gasteiger partial charge >= 0.3 is 6.09 Å². The van der Waals surface area contributed by atoms with Crippen LogP contribution in [0.2, 0.25) is 0 Å². The van der Waals surface area contributed by atoms with Crippen LogP contribution >= 0.6 is 0 Å². The Kier molecular flexibility index (Phi) is 4.82. The maximum Gasteiger partial charge on any atom is 0.410 e. The van der Waals surface area contributed by atoms with Crippen molar-refractivity contribution in [1.29, 1.82) is 0 Å². The van der Waals surface area contributed by atoms with E-state index in [1.165, 1.54) is 25.7 Å². The van der Waals surface area contributed by atoms with Crippen molar-refractivity contribution in [3.05, 3.63) is 0 Å². The average Bonchev–Trinajstić information content (AvgIpc) is 2.31. The highest BCUT2D eigenvalue weighted by Gasteiger charge is 2.50. The molecule has 0 aromatic heterocycles. The van der Waals surface area contributed by atoms with Crippen LogP contribution in [0.5, 0.6) is 0 Å². The molecule has 2 aliphatic rings. The molecule has 0 aromatic rings. The Bertz CT molecular complexity index is 408. The number of rotatable bonds is 3. The van der Waals surface area contributed by atoms with E-state index in [1.807, 2.05) is 25.7 Å². The fourth-order valence-electron chi connectivity index (χ4n) is 4.15. The van der Waals surface area contributed by atoms with E-state index in [4.69, 9.17) is 10.5 Å². The molecule has 1 unspecified atom stereocenters. The molecule has 4 heteroatoms. The minimum absolute atomic E-state index is 0.145. The molecular weight excluding hydrogens is 276 g/mol. The second kappa shape index (κ2) is 6.03. The van der Waals surface area contributed by atoms with Crippen molar-refractivity contribution in [2.75, 3.05) is 13.1 Å². The highest BCUT2D eigenvalue weighted by atomic mass is 16.6. The number of nitrogens with two attached hydrogens (primary N) is 1. The zero-order valence-corrected chi connectivity index (χ0v) is 15.1. The van der Waals surface area contributed by atoms with Crippen LogP contribution in [-0.2, 0) is 4.74 Å². The van der Waals surface area contributed by atoms with Crippen LogP contribution in [0, 0.1) is 10.8 Å². The number of carbonyl (C=O) groups excluding carboxylic acids is 1. The maximum absolute atomic E-state index is 12.8. The lowest BCUT2D eigenvalue weighted by atomic mass is 9.59. The Balaban J connectivity index is 2.20. The summed E-state index contributed by atoms with van der Waals surface area (Å²) in [5.74, 6) is 0. The van der Waals surface area contributed by atoms with Crippen LogP contribution in [0.15, 0.2) is 0 Å². The Labute approximate surface area is 135 Å². The summed E-state index contributed by atoms with van der Waals surface area (Å²) in [6.07, 6.45) is 6.80. The lowest BCUT2D eigenvalue weighted by Crippen LogP contribution is -2.59. The molecule has 1 saturated heterocycles. The topological polar surface area (TPSA) is 55.6 Å². The van der Waals surface area contributed by atoms with Crippen molar-refractivity contribution >= 4 is 6.09 Å². The van der Waals surface area contributed by atoms with Crippen molar-refractivity contribution in [3.63, 3.8) is 0 Å². The first-order valence-corrected chi connectivity index (χ1v) is 8.78. The summed E-state index contributed by atoms with van der Waals surface area (Å²) in [5, 5.41) is 0. The van der Waals surface area contributed by atoms with Crippen molar-refractivity contribution in [1.82, 2.24) is 4.90 Å². The van der Waals surface area contributed by atoms with Crippen LogP contribution in [0.1, 0.15) is 73.1 Å². The van der Waals surface area contributed by atoms with Crippen molar-refractivity contribution in [2.45, 2.75) is 84.8 Å². The zero-order chi connectivity index (χ0) is 16.6. The van der Waals surface area contributed by atoms with Gasteiger partial charge in [0.15, 0.2) is 0 Å². The van der Waals surface area contributed by atoms with Crippen LogP contribution in [0.3, 0.4) is 0 Å². The fourth-order valence-corrected chi connectivity index (χ4v) is 4.15. The molecule has 128 valence electrons. The van der Waals surface area contributed by atoms with Gasteiger partial charge in [-0.2, -0.15) is 0 Å². The van der Waals surface area contributed by atoms with E-state index in [0.717, 1.165) is 19.4 Å². The zero-order valence-electron chi connectivity index (χ0n) is 15.1. The second-order valence-electron chi connectivity index (χ2n) is 9.08. The molecule has 0 radical (unpaired) electrons. The largest absolute Gasteiger partial charge is 0.444 e. The molecule has 2 N–H and O–H groups in total. The SMILES string of the molecule is CC1(C)CCC(C2(CCN)CCC2)N(C(=O)OC(C)(C)C)C1. The Morgan fingerprint density at radius 1 is 1.27 bits per heavy atom. The van der Waals surface area contributed by atoms with Crippen LogP contribution < -0.4 is 5.73 Å². The van der Waals surface area contributed by atoms with Gasteiger partial charge in [-0.1, -0.05) is 20.3 Å². The van der Waals surface area contributed by atoms with Gasteiger partial charge in [-0.25, -0.2) is 4.79 Å². The van der Waals surface area contributed by atoms with Crippen LogP contribution in [0.25, 0.3) is 0 Å². The summed E-state index contributed by atoms with van der Waals surface area (Å²) in [4.78, 5) is 14.8. The number of likely N-dealkylation sites (tertiary alicyclic amines) is 1. The predicted octanol–water partition coefficient (Wildman–Crippen LogP) is 3.93. The highest BCUT2D eigenvalue weighted by molar-refractivity contribution is 5.69. The van der Waals surface area contributed by atoms with Gasteiger partial charge in [0.1, 0.15) is 5.60 Å². The average molecular weight is 310 g/mol. The number of ether oxygens (including phenoxy) is 1. The third-order valence-corrected chi connectivity index (χ3v) is 5.40. The standard InChI is InChI=1S/C18H34N2O2/c1-16(2,3)22-15(21)20-13-17(4,5)10-7-14(20)18(11-12-19)8-6-9-18/h14H,6-13,19H2,1-5H3. The summed E-state index contributed by atoms with van der Waals surface area (Å²) in [6.45, 7) is 11.8. The summed E-state index contributed by atoms with van der Waals surface area (Å²) in [7, 11) is 0. The Hall–Kier alpha value is -0.770. The smallest absolute Gasteiger partial charge is 0.410 e. The van der Waals surface area contributed by atoms with Gasteiger partial charge in [0.05, 0.1) is 0 Å². The first kappa shape index (κ1) is 17.6. The summed E-state index contributed by atoms with van der Waals surface area (Å²) in [5.41, 5.74) is 5.84. The molecule has 1 atom stereocenters. The summed E-state index contributed by atoms with van der Waals surface area (Å²) < 4.78 is 5.70. The second-order valence-corrected chi connectivity index (χ2v) is 9.08. The molecule has 0 bridgehead atoms. The van der Waals surface area contributed by atoms with E-state index in [-0.39, 0.29) is 16.9 Å². The van der Waals surface area contributed by atoms with E-state index in [0.29, 0.717) is 12.6 Å². The molecule has 0 spiro atoms. The summed E-state index contributed by atoms with van der Waals surface area (Å²) in [6, 6.07) is 0.299. The van der Waals surface area contributed by atoms with E-state index < -0.39 is 5.60 Å². The number of carbonyl (C=O) groups is 1. The lowest BCUT2D eigenvalue weighted by molar-refractivity contribution is -0.0654. The highest BCUT2D eigenvalue weighted by Crippen LogP contribution is 2.52. The van der Waals surface area contributed by atoms with Gasteiger partial charge in [-0.15, -0.1) is 0 Å². The van der Waals surface area contributed by atoms with Gasteiger partial charge < -0.3 is 15.4 Å². The quantitative estimate of drug-likeness (QED) is 0.859. The molecule has 0 aromatic carbocycles. The number of amides is 1. The van der Waals surface area contributed by atoms with Crippen molar-refractivity contribution in [2.24, 2.45) is 16.6 Å². The van der Waals surface area contributed by atoms with Gasteiger partial charge in [0, 0.05) is 12.6 Å². The molecule has 1 aliphatic heterocycles. The van der Waals surface area contributed by atoms with Crippen LogP contribution in [0.4, 0.5) is 4.79 Å². The first-order chi connectivity index (χ1) is 10.1. The Morgan fingerprint density at radius 3 is 2.36 bits per heavy atom. The van der Waals surface area contributed by atoms with Gasteiger partial charge in [-0.3, -0.25) is 0 Å². The normalized spacial score (nSPS) is 27.2. The molecule has 1 amide bonds. The third kappa shape index (κ3) is 3.76. The van der Waals surface area contributed by atoms with E-state index in [9.17, 15) is 4.79 Å². The van der Waals surface area contributed by atoms with Crippen molar-refractivity contribution in [3.8, 4) is 0 Å². The predicted molar refractivity (Wildman–Crippen MR) is 89.7 cm³/mol. The minimum atomic E-state index is -0.441. The van der Waals surface area contributed by atoms with E-state index >= 15 is 0 Å². The molecule has 4 nitrogen and oxygen atoms in total. The minimum Gasteiger partial charge on any atom is -0.444 e. The molecule has 2 rings (SSSR count). The molecule has 1 aliphatic carbocycles. The van der Waals surface area contributed by atoms with Crippen LogP contribution in [-0.4, -0.2) is 35.7 Å². The number of piperidine rings is 1. The number of hydrogen-bond donors (Lipinski definition) is 1. The molecule has 2 fully saturated rings. The summed E-state index contributed by atoms with van der Waals surface area (Å²) >= 11 is 0. The Morgan fingerprint density at radius 2 is 1.91 bits per heavy atom. The molecule has 1 saturated carbocycles. The molecular formula is C18H34N2O2. The lowest BCUT2D eigenvalue weighted by Gasteiger charge is -2.56. The number of nitrogens with zero attached hydrogens (tertiary/aromatic N) is 1. The van der Waals surface area contributed by atoms with E-state index in [1.54, 1.807) is 0 Å². The van der Waals surface area contributed by atoms with Crippen molar-refractivity contribution < 1.29 is 9.53 Å². The maximum atomic E-state index is 12.8. The molecule has 22 heavy (non-hydrogen) atoms. The first-order valence-electron chi connectivity index (χ1n) is 8.78. The monoisotopic (exact) mass is 310 g/mol. The van der Waals surface area contributed by atoms with Gasteiger partial charge in [0.25, 0.3) is 0 Å². The van der Waals surface area contributed by atoms with Gasteiger partial charge in [0.2, 0.25) is 0 Å². The molecule has 1 heterocycles. The fraction of sp³-hybridized carbons (Fsp3) is 0.944. The van der Waals surface area contributed by atoms with Gasteiger partial charge in [-0.05, 0) is 70.3 Å².